The zero-order valence-corrected chi connectivity index (χ0v) is 17.1. The van der Waals surface area contributed by atoms with E-state index in [1.165, 1.54) is 0 Å². The van der Waals surface area contributed by atoms with E-state index < -0.39 is 6.04 Å². The molecule has 1 heterocycles. The predicted molar refractivity (Wildman–Crippen MR) is 106 cm³/mol. The van der Waals surface area contributed by atoms with Crippen LogP contribution in [0.2, 0.25) is 0 Å². The topological polar surface area (TPSA) is 65.1 Å². The molecule has 2 amide bonds. The van der Waals surface area contributed by atoms with Gasteiger partial charge in [0.05, 0.1) is 13.2 Å². The van der Waals surface area contributed by atoms with Gasteiger partial charge in [-0.25, -0.2) is 0 Å². The van der Waals surface area contributed by atoms with Crippen molar-refractivity contribution in [1.29, 1.82) is 0 Å². The molecule has 150 valence electrons. The number of benzene rings is 1. The van der Waals surface area contributed by atoms with Crippen LogP contribution in [-0.4, -0.2) is 87.5 Å². The second kappa shape index (κ2) is 9.71. The lowest BCUT2D eigenvalue weighted by Crippen LogP contribution is -2.49. The monoisotopic (exact) mass is 376 g/mol. The molecule has 1 aromatic carbocycles. The first-order valence-corrected chi connectivity index (χ1v) is 9.40. The highest BCUT2D eigenvalue weighted by atomic mass is 16.5. The highest BCUT2D eigenvalue weighted by Gasteiger charge is 2.41. The maximum absolute atomic E-state index is 13.1. The maximum Gasteiger partial charge on any atom is 0.241 e. The number of carbonyl (C=O) groups is 2. The fourth-order valence-electron chi connectivity index (χ4n) is 3.58. The summed E-state index contributed by atoms with van der Waals surface area (Å²) in [4.78, 5) is 31.7. The molecule has 1 aliphatic heterocycles. The Morgan fingerprint density at radius 1 is 1.26 bits per heavy atom. The summed E-state index contributed by atoms with van der Waals surface area (Å²) in [5.74, 6) is 0.596. The minimum atomic E-state index is -0.551. The summed E-state index contributed by atoms with van der Waals surface area (Å²) in [7, 11) is 9.04. The molecule has 2 rings (SSSR count). The summed E-state index contributed by atoms with van der Waals surface area (Å²) in [6, 6.07) is 6.67. The highest BCUT2D eigenvalue weighted by molar-refractivity contribution is 5.86. The van der Waals surface area contributed by atoms with E-state index in [1.807, 2.05) is 50.3 Å². The molecule has 7 nitrogen and oxygen atoms in total. The first-order valence-electron chi connectivity index (χ1n) is 9.40. The third-order valence-corrected chi connectivity index (χ3v) is 5.10. The van der Waals surface area contributed by atoms with E-state index in [2.05, 4.69) is 10.2 Å². The largest absolute Gasteiger partial charge is 0.496 e. The van der Waals surface area contributed by atoms with E-state index in [1.54, 1.807) is 19.1 Å². The molecule has 0 spiro atoms. The van der Waals surface area contributed by atoms with E-state index in [0.717, 1.165) is 24.9 Å². The van der Waals surface area contributed by atoms with Gasteiger partial charge < -0.3 is 19.9 Å². The van der Waals surface area contributed by atoms with Crippen LogP contribution in [0, 0.1) is 0 Å². The van der Waals surface area contributed by atoms with Crippen LogP contribution in [0.15, 0.2) is 24.3 Å². The van der Waals surface area contributed by atoms with Crippen LogP contribution < -0.4 is 10.1 Å². The Hall–Kier alpha value is -2.12. The summed E-state index contributed by atoms with van der Waals surface area (Å²) in [6.45, 7) is 2.17. The molecular formula is C20H32N4O3. The molecule has 1 fully saturated rings. The fourth-order valence-corrected chi connectivity index (χ4v) is 3.58. The summed E-state index contributed by atoms with van der Waals surface area (Å²) in [5, 5.41) is 2.75. The van der Waals surface area contributed by atoms with Crippen LogP contribution in [0.3, 0.4) is 0 Å². The van der Waals surface area contributed by atoms with Crippen molar-refractivity contribution >= 4 is 11.8 Å². The SMILES string of the molecule is CNC(=O)[C@@H](c1ccccc1OC)N1CCC[C@H]1C(=O)N(C)CCN(C)C. The Kier molecular flexibility index (Phi) is 7.62. The highest BCUT2D eigenvalue weighted by Crippen LogP contribution is 2.35. The van der Waals surface area contributed by atoms with Gasteiger partial charge >= 0.3 is 0 Å². The molecule has 0 aromatic heterocycles. The van der Waals surface area contributed by atoms with Crippen molar-refractivity contribution < 1.29 is 14.3 Å². The van der Waals surface area contributed by atoms with Crippen LogP contribution in [0.25, 0.3) is 0 Å². The lowest BCUT2D eigenvalue weighted by Gasteiger charge is -2.34. The van der Waals surface area contributed by atoms with Gasteiger partial charge in [0.15, 0.2) is 0 Å². The average Bonchev–Trinajstić information content (AvgIpc) is 3.15. The lowest BCUT2D eigenvalue weighted by molar-refractivity contribution is -0.137. The van der Waals surface area contributed by atoms with Gasteiger partial charge in [0.25, 0.3) is 0 Å². The predicted octanol–water partition coefficient (Wildman–Crippen LogP) is 0.967. The zero-order valence-electron chi connectivity index (χ0n) is 17.1. The number of nitrogens with zero attached hydrogens (tertiary/aromatic N) is 3. The van der Waals surface area contributed by atoms with Crippen molar-refractivity contribution in [2.24, 2.45) is 0 Å². The smallest absolute Gasteiger partial charge is 0.241 e. The number of likely N-dealkylation sites (tertiary alicyclic amines) is 1. The molecule has 1 aromatic rings. The van der Waals surface area contributed by atoms with Crippen molar-refractivity contribution in [3.63, 3.8) is 0 Å². The van der Waals surface area contributed by atoms with Gasteiger partial charge in [-0.05, 0) is 33.0 Å². The Labute approximate surface area is 162 Å². The number of carbonyl (C=O) groups excluding carboxylic acids is 2. The van der Waals surface area contributed by atoms with Crippen LogP contribution in [0.1, 0.15) is 24.4 Å². The van der Waals surface area contributed by atoms with Gasteiger partial charge in [-0.1, -0.05) is 18.2 Å². The van der Waals surface area contributed by atoms with E-state index in [-0.39, 0.29) is 17.9 Å². The third kappa shape index (κ3) is 4.99. The summed E-state index contributed by atoms with van der Waals surface area (Å²) in [5.41, 5.74) is 0.787. The van der Waals surface area contributed by atoms with Crippen LogP contribution in [-0.2, 0) is 9.59 Å². The van der Waals surface area contributed by atoms with Gasteiger partial charge in [-0.3, -0.25) is 14.5 Å². The van der Waals surface area contributed by atoms with Crippen molar-refractivity contribution in [3.8, 4) is 5.75 Å². The molecule has 2 atom stereocenters. The molecule has 1 aliphatic rings. The quantitative estimate of drug-likeness (QED) is 0.732. The Morgan fingerprint density at radius 3 is 2.59 bits per heavy atom. The summed E-state index contributed by atoms with van der Waals surface area (Å²) in [6.07, 6.45) is 1.65. The second-order valence-electron chi connectivity index (χ2n) is 7.22. The lowest BCUT2D eigenvalue weighted by atomic mass is 10.0. The molecule has 27 heavy (non-hydrogen) atoms. The Balaban J connectivity index is 2.29. The maximum atomic E-state index is 13.1. The molecule has 0 saturated carbocycles. The van der Waals surface area contributed by atoms with Crippen molar-refractivity contribution in [2.75, 3.05) is 54.9 Å². The molecule has 1 N–H and O–H groups in total. The van der Waals surface area contributed by atoms with Gasteiger partial charge in [0, 0.05) is 39.3 Å². The minimum absolute atomic E-state index is 0.0677. The molecule has 7 heteroatoms. The molecule has 1 saturated heterocycles. The number of hydrogen-bond acceptors (Lipinski definition) is 5. The van der Waals surface area contributed by atoms with Crippen molar-refractivity contribution in [2.45, 2.75) is 24.9 Å². The van der Waals surface area contributed by atoms with Gasteiger partial charge in [0.2, 0.25) is 11.8 Å². The Morgan fingerprint density at radius 2 is 1.96 bits per heavy atom. The second-order valence-corrected chi connectivity index (χ2v) is 7.22. The first kappa shape index (κ1) is 21.2. The number of nitrogens with one attached hydrogen (secondary N) is 1. The number of hydrogen-bond donors (Lipinski definition) is 1. The number of rotatable bonds is 8. The summed E-state index contributed by atoms with van der Waals surface area (Å²) < 4.78 is 5.48. The molecule has 0 bridgehead atoms. The van der Waals surface area contributed by atoms with Crippen LogP contribution >= 0.6 is 0 Å². The summed E-state index contributed by atoms with van der Waals surface area (Å²) >= 11 is 0. The van der Waals surface area contributed by atoms with Crippen LogP contribution in [0.4, 0.5) is 0 Å². The van der Waals surface area contributed by atoms with Crippen molar-refractivity contribution in [1.82, 2.24) is 20.0 Å². The number of methoxy groups -OCH3 is 1. The molecule has 0 radical (unpaired) electrons. The van der Waals surface area contributed by atoms with E-state index in [0.29, 0.717) is 18.8 Å². The fraction of sp³-hybridized carbons (Fsp3) is 0.600. The third-order valence-electron chi connectivity index (χ3n) is 5.10. The van der Waals surface area contributed by atoms with E-state index in [4.69, 9.17) is 4.74 Å². The number of amides is 2. The zero-order chi connectivity index (χ0) is 20.0. The van der Waals surface area contributed by atoms with Gasteiger partial charge in [-0.2, -0.15) is 0 Å². The van der Waals surface area contributed by atoms with Gasteiger partial charge in [0.1, 0.15) is 11.8 Å². The van der Waals surface area contributed by atoms with Crippen LogP contribution in [0.5, 0.6) is 5.75 Å². The van der Waals surface area contributed by atoms with Gasteiger partial charge in [-0.15, -0.1) is 0 Å². The standard InChI is InChI=1S/C20H32N4O3/c1-21-19(25)18(15-9-6-7-11-17(15)27-5)24-12-8-10-16(24)20(26)23(4)14-13-22(2)3/h6-7,9,11,16,18H,8,10,12-14H2,1-5H3,(H,21,25)/t16-,18+/m0/s1. The average molecular weight is 377 g/mol. The van der Waals surface area contributed by atoms with Crippen molar-refractivity contribution in [3.05, 3.63) is 29.8 Å². The molecule has 0 aliphatic carbocycles. The molecular weight excluding hydrogens is 344 g/mol. The Bertz CT molecular complexity index is 650. The number of ether oxygens (including phenoxy) is 1. The number of para-hydroxylation sites is 1. The molecule has 0 unspecified atom stereocenters. The number of likely N-dealkylation sites (N-methyl/N-ethyl adjacent to an activating group) is 3. The first-order chi connectivity index (χ1) is 12.9. The normalized spacial score (nSPS) is 18.4. The van der Waals surface area contributed by atoms with E-state index >= 15 is 0 Å². The minimum Gasteiger partial charge on any atom is -0.496 e. The van der Waals surface area contributed by atoms with E-state index in [9.17, 15) is 9.59 Å².